The molecule has 2 aromatic rings. The molecule has 0 fully saturated rings. The third-order valence-electron chi connectivity index (χ3n) is 3.18. The van der Waals surface area contributed by atoms with Crippen molar-refractivity contribution in [2.45, 2.75) is 19.4 Å². The number of nitrogens with one attached hydrogen (secondary N) is 1. The van der Waals surface area contributed by atoms with Crippen LogP contribution in [0.15, 0.2) is 42.5 Å². The van der Waals surface area contributed by atoms with Crippen LogP contribution in [0, 0.1) is 11.6 Å². The van der Waals surface area contributed by atoms with E-state index in [-0.39, 0.29) is 11.7 Å². The molecule has 0 bridgehead atoms. The molecule has 0 radical (unpaired) electrons. The number of para-hydroxylation sites is 1. The number of ether oxygens (including phenoxy) is 1. The van der Waals surface area contributed by atoms with E-state index in [2.05, 4.69) is 5.32 Å². The summed E-state index contributed by atoms with van der Waals surface area (Å²) < 4.78 is 32.2. The van der Waals surface area contributed by atoms with Gasteiger partial charge in [-0.05, 0) is 30.7 Å². The monoisotopic (exact) mass is 277 g/mol. The molecule has 2 rings (SSSR count). The van der Waals surface area contributed by atoms with Crippen molar-refractivity contribution in [1.82, 2.24) is 0 Å². The molecule has 2 aromatic carbocycles. The highest BCUT2D eigenvalue weighted by molar-refractivity contribution is 5.49. The second-order valence-electron chi connectivity index (χ2n) is 4.47. The molecule has 2 nitrogen and oxygen atoms in total. The third-order valence-corrected chi connectivity index (χ3v) is 3.18. The van der Waals surface area contributed by atoms with E-state index in [1.54, 1.807) is 7.11 Å². The van der Waals surface area contributed by atoms with Crippen LogP contribution in [-0.4, -0.2) is 7.11 Å². The molecule has 0 aromatic heterocycles. The van der Waals surface area contributed by atoms with E-state index in [0.717, 1.165) is 35.9 Å². The van der Waals surface area contributed by atoms with Gasteiger partial charge < -0.3 is 10.1 Å². The number of anilines is 1. The van der Waals surface area contributed by atoms with Gasteiger partial charge in [0.1, 0.15) is 17.4 Å². The minimum atomic E-state index is -0.472. The van der Waals surface area contributed by atoms with Crippen LogP contribution in [0.5, 0.6) is 5.75 Å². The van der Waals surface area contributed by atoms with E-state index in [1.165, 1.54) is 0 Å². The van der Waals surface area contributed by atoms with Gasteiger partial charge in [0.25, 0.3) is 0 Å². The fraction of sp³-hybridized carbons (Fsp3) is 0.250. The maximum Gasteiger partial charge on any atom is 0.146 e. The smallest absolute Gasteiger partial charge is 0.146 e. The first-order valence-corrected chi connectivity index (χ1v) is 6.50. The first-order valence-electron chi connectivity index (χ1n) is 6.50. The lowest BCUT2D eigenvalue weighted by atomic mass is 10.0. The summed E-state index contributed by atoms with van der Waals surface area (Å²) in [5.41, 5.74) is 1.07. The normalized spacial score (nSPS) is 12.0. The minimum absolute atomic E-state index is 0.151. The number of hydrogen-bond donors (Lipinski definition) is 1. The van der Waals surface area contributed by atoms with Gasteiger partial charge in [0.15, 0.2) is 0 Å². The second-order valence-corrected chi connectivity index (χ2v) is 4.47. The van der Waals surface area contributed by atoms with Crippen molar-refractivity contribution in [3.05, 3.63) is 59.7 Å². The topological polar surface area (TPSA) is 21.3 Å². The fourth-order valence-electron chi connectivity index (χ4n) is 2.15. The fourth-order valence-corrected chi connectivity index (χ4v) is 2.15. The number of hydrogen-bond acceptors (Lipinski definition) is 2. The van der Waals surface area contributed by atoms with E-state index < -0.39 is 11.6 Å². The molecule has 1 unspecified atom stereocenters. The molecule has 0 spiro atoms. The molecule has 106 valence electrons. The summed E-state index contributed by atoms with van der Waals surface area (Å²) >= 11 is 0. The molecule has 0 heterocycles. The Hall–Kier alpha value is -2.10. The predicted molar refractivity (Wildman–Crippen MR) is 76.0 cm³/mol. The van der Waals surface area contributed by atoms with Crippen molar-refractivity contribution in [3.8, 4) is 5.75 Å². The molecule has 20 heavy (non-hydrogen) atoms. The first kappa shape index (κ1) is 14.3. The summed E-state index contributed by atoms with van der Waals surface area (Å²) in [5, 5.41) is 3.03. The van der Waals surface area contributed by atoms with Crippen LogP contribution in [0.25, 0.3) is 0 Å². The Morgan fingerprint density at radius 3 is 2.60 bits per heavy atom. The average Bonchev–Trinajstić information content (AvgIpc) is 2.48. The molecule has 1 atom stereocenters. The number of methoxy groups -OCH3 is 1. The van der Waals surface area contributed by atoms with Gasteiger partial charge in [-0.1, -0.05) is 25.1 Å². The van der Waals surface area contributed by atoms with Crippen LogP contribution in [0.4, 0.5) is 14.5 Å². The van der Waals surface area contributed by atoms with Crippen molar-refractivity contribution in [2.75, 3.05) is 12.4 Å². The minimum Gasteiger partial charge on any atom is -0.496 e. The lowest BCUT2D eigenvalue weighted by molar-refractivity contribution is 0.406. The summed E-state index contributed by atoms with van der Waals surface area (Å²) in [5.74, 6) is -0.216. The van der Waals surface area contributed by atoms with E-state index in [4.69, 9.17) is 4.74 Å². The highest BCUT2D eigenvalue weighted by Gasteiger charge is 2.15. The van der Waals surface area contributed by atoms with Gasteiger partial charge in [0.2, 0.25) is 0 Å². The van der Waals surface area contributed by atoms with Gasteiger partial charge in [-0.3, -0.25) is 0 Å². The molecule has 4 heteroatoms. The Bertz CT molecular complexity index is 586. The first-order chi connectivity index (χ1) is 9.65. The van der Waals surface area contributed by atoms with Gasteiger partial charge >= 0.3 is 0 Å². The maximum absolute atomic E-state index is 13.7. The summed E-state index contributed by atoms with van der Waals surface area (Å²) in [6.07, 6.45) is 0.719. The third kappa shape index (κ3) is 3.07. The summed E-state index contributed by atoms with van der Waals surface area (Å²) in [6.45, 7) is 1.97. The molecule has 0 aliphatic heterocycles. The summed E-state index contributed by atoms with van der Waals surface area (Å²) in [7, 11) is 1.59. The van der Waals surface area contributed by atoms with E-state index in [0.29, 0.717) is 0 Å². The quantitative estimate of drug-likeness (QED) is 0.866. The van der Waals surface area contributed by atoms with Crippen molar-refractivity contribution in [2.24, 2.45) is 0 Å². The number of halogens is 2. The molecular formula is C16H17F2NO. The van der Waals surface area contributed by atoms with E-state index in [9.17, 15) is 8.78 Å². The Morgan fingerprint density at radius 1 is 1.15 bits per heavy atom. The second kappa shape index (κ2) is 6.37. The van der Waals surface area contributed by atoms with Gasteiger partial charge in [-0.2, -0.15) is 0 Å². The highest BCUT2D eigenvalue weighted by Crippen LogP contribution is 2.30. The standard InChI is InChI=1S/C16H17F2NO/c1-3-14(12-6-4-5-7-16(12)20-2)19-15-10-11(17)8-9-13(15)18/h4-10,14,19H,3H2,1-2H3. The average molecular weight is 277 g/mol. The zero-order valence-corrected chi connectivity index (χ0v) is 11.5. The van der Waals surface area contributed by atoms with Gasteiger partial charge in [0, 0.05) is 5.56 Å². The molecule has 0 amide bonds. The Balaban J connectivity index is 2.31. The van der Waals surface area contributed by atoms with Crippen molar-refractivity contribution < 1.29 is 13.5 Å². The summed E-state index contributed by atoms with van der Waals surface area (Å²) in [4.78, 5) is 0. The molecule has 0 saturated carbocycles. The molecular weight excluding hydrogens is 260 g/mol. The van der Waals surface area contributed by atoms with Crippen LogP contribution >= 0.6 is 0 Å². The molecule has 1 N–H and O–H groups in total. The van der Waals surface area contributed by atoms with Crippen LogP contribution in [0.3, 0.4) is 0 Å². The maximum atomic E-state index is 13.7. The molecule has 0 aliphatic carbocycles. The van der Waals surface area contributed by atoms with Crippen LogP contribution in [0.1, 0.15) is 24.9 Å². The largest absolute Gasteiger partial charge is 0.496 e. The van der Waals surface area contributed by atoms with Crippen molar-refractivity contribution in [3.63, 3.8) is 0 Å². The van der Waals surface area contributed by atoms with Crippen LogP contribution in [-0.2, 0) is 0 Å². The summed E-state index contributed by atoms with van der Waals surface area (Å²) in [6, 6.07) is 10.8. The predicted octanol–water partition coefficient (Wildman–Crippen LogP) is 4.54. The Labute approximate surface area is 117 Å². The zero-order chi connectivity index (χ0) is 14.5. The van der Waals surface area contributed by atoms with E-state index in [1.807, 2.05) is 31.2 Å². The Kier molecular flexibility index (Phi) is 4.56. The van der Waals surface area contributed by atoms with Crippen molar-refractivity contribution >= 4 is 5.69 Å². The molecule has 0 saturated heterocycles. The van der Waals surface area contributed by atoms with Gasteiger partial charge in [-0.15, -0.1) is 0 Å². The lowest BCUT2D eigenvalue weighted by Gasteiger charge is -2.21. The Morgan fingerprint density at radius 2 is 1.90 bits per heavy atom. The van der Waals surface area contributed by atoms with Gasteiger partial charge in [0.05, 0.1) is 18.8 Å². The van der Waals surface area contributed by atoms with Gasteiger partial charge in [-0.25, -0.2) is 8.78 Å². The van der Waals surface area contributed by atoms with Crippen molar-refractivity contribution in [1.29, 1.82) is 0 Å². The molecule has 0 aliphatic rings. The van der Waals surface area contributed by atoms with E-state index >= 15 is 0 Å². The highest BCUT2D eigenvalue weighted by atomic mass is 19.1. The lowest BCUT2D eigenvalue weighted by Crippen LogP contribution is -2.12. The SMILES string of the molecule is CCC(Nc1cc(F)ccc1F)c1ccccc1OC. The zero-order valence-electron chi connectivity index (χ0n) is 11.5. The van der Waals surface area contributed by atoms with Crippen LogP contribution in [0.2, 0.25) is 0 Å². The number of benzene rings is 2. The number of rotatable bonds is 5. The van der Waals surface area contributed by atoms with Crippen LogP contribution < -0.4 is 10.1 Å².